The lowest BCUT2D eigenvalue weighted by Crippen LogP contribution is -2.26. The molecule has 3 aromatic carbocycles. The van der Waals surface area contributed by atoms with Gasteiger partial charge >= 0.3 is 5.97 Å². The second-order valence-electron chi connectivity index (χ2n) is 7.03. The van der Waals surface area contributed by atoms with Crippen LogP contribution in [0.15, 0.2) is 65.6 Å². The number of esters is 1. The van der Waals surface area contributed by atoms with Crippen molar-refractivity contribution in [2.75, 3.05) is 20.3 Å². The topological polar surface area (TPSA) is 108 Å². The van der Waals surface area contributed by atoms with Gasteiger partial charge in [0.15, 0.2) is 0 Å². The Kier molecular flexibility index (Phi) is 5.51. The fourth-order valence-electron chi connectivity index (χ4n) is 3.62. The number of nitrogens with one attached hydrogen (secondary N) is 2. The van der Waals surface area contributed by atoms with E-state index in [1.54, 1.807) is 24.4 Å². The van der Waals surface area contributed by atoms with E-state index < -0.39 is 5.97 Å². The van der Waals surface area contributed by atoms with Crippen molar-refractivity contribution in [3.63, 3.8) is 0 Å². The smallest absolute Gasteiger partial charge is 0.338 e. The predicted octanol–water partition coefficient (Wildman–Crippen LogP) is 2.86. The van der Waals surface area contributed by atoms with Crippen LogP contribution in [0.1, 0.15) is 20.7 Å². The molecule has 0 saturated heterocycles. The molecule has 7 heteroatoms. The molecule has 0 saturated carbocycles. The molecule has 156 valence electrons. The molecule has 0 atom stereocenters. The summed E-state index contributed by atoms with van der Waals surface area (Å²) in [4.78, 5) is 38.8. The second kappa shape index (κ2) is 8.41. The van der Waals surface area contributed by atoms with Crippen molar-refractivity contribution in [1.82, 2.24) is 10.3 Å². The van der Waals surface area contributed by atoms with Crippen LogP contribution in [0.25, 0.3) is 32.7 Å². The molecule has 0 aliphatic heterocycles. The molecule has 4 rings (SSSR count). The second-order valence-corrected chi connectivity index (χ2v) is 7.03. The summed E-state index contributed by atoms with van der Waals surface area (Å²) >= 11 is 0. The number of methoxy groups -OCH3 is 1. The Labute approximate surface area is 177 Å². The average Bonchev–Trinajstić information content (AvgIpc) is 2.81. The number of benzene rings is 3. The summed E-state index contributed by atoms with van der Waals surface area (Å²) in [5.41, 5.74) is 2.41. The number of pyridine rings is 1. The highest BCUT2D eigenvalue weighted by molar-refractivity contribution is 6.16. The van der Waals surface area contributed by atoms with Crippen LogP contribution < -0.4 is 10.9 Å². The van der Waals surface area contributed by atoms with Crippen molar-refractivity contribution in [1.29, 1.82) is 0 Å². The fourth-order valence-corrected chi connectivity index (χ4v) is 3.62. The number of aromatic nitrogens is 1. The lowest BCUT2D eigenvalue weighted by Gasteiger charge is -2.11. The van der Waals surface area contributed by atoms with Crippen LogP contribution in [-0.2, 0) is 4.74 Å². The Morgan fingerprint density at radius 1 is 0.968 bits per heavy atom. The first-order valence-corrected chi connectivity index (χ1v) is 9.69. The van der Waals surface area contributed by atoms with Gasteiger partial charge in [0.1, 0.15) is 0 Å². The molecule has 0 fully saturated rings. The highest BCUT2D eigenvalue weighted by Gasteiger charge is 2.15. The molecule has 0 bridgehead atoms. The third-order valence-corrected chi connectivity index (χ3v) is 5.14. The lowest BCUT2D eigenvalue weighted by molar-refractivity contribution is 0.0603. The minimum Gasteiger partial charge on any atom is -0.465 e. The molecule has 7 nitrogen and oxygen atoms in total. The average molecular weight is 416 g/mol. The number of carbonyl (C=O) groups excluding carboxylic acids is 2. The first-order chi connectivity index (χ1) is 15.0. The van der Waals surface area contributed by atoms with Gasteiger partial charge in [0.05, 0.1) is 19.3 Å². The van der Waals surface area contributed by atoms with E-state index in [2.05, 4.69) is 10.3 Å². The van der Waals surface area contributed by atoms with Crippen LogP contribution in [0.4, 0.5) is 0 Å². The maximum Gasteiger partial charge on any atom is 0.338 e. The number of aliphatic hydroxyl groups is 1. The Balaban J connectivity index is 1.83. The predicted molar refractivity (Wildman–Crippen MR) is 118 cm³/mol. The van der Waals surface area contributed by atoms with Crippen molar-refractivity contribution in [3.05, 3.63) is 82.3 Å². The van der Waals surface area contributed by atoms with Crippen LogP contribution in [-0.4, -0.2) is 42.2 Å². The number of hydrogen-bond donors (Lipinski definition) is 3. The van der Waals surface area contributed by atoms with E-state index >= 15 is 0 Å². The van der Waals surface area contributed by atoms with Gasteiger partial charge in [0.25, 0.3) is 5.91 Å². The monoisotopic (exact) mass is 416 g/mol. The maximum atomic E-state index is 12.3. The first-order valence-electron chi connectivity index (χ1n) is 9.69. The van der Waals surface area contributed by atoms with E-state index in [0.717, 1.165) is 27.3 Å². The Morgan fingerprint density at radius 3 is 2.42 bits per heavy atom. The minimum absolute atomic E-state index is 0.117. The van der Waals surface area contributed by atoms with Gasteiger partial charge in [-0.25, -0.2) is 4.79 Å². The number of rotatable bonds is 5. The lowest BCUT2D eigenvalue weighted by atomic mass is 9.94. The summed E-state index contributed by atoms with van der Waals surface area (Å²) in [5, 5.41) is 14.4. The zero-order chi connectivity index (χ0) is 22.0. The largest absolute Gasteiger partial charge is 0.465 e. The quantitative estimate of drug-likeness (QED) is 0.342. The normalized spacial score (nSPS) is 10.9. The number of ether oxygens (including phenoxy) is 1. The van der Waals surface area contributed by atoms with E-state index in [4.69, 9.17) is 9.84 Å². The summed E-state index contributed by atoms with van der Waals surface area (Å²) < 4.78 is 4.92. The van der Waals surface area contributed by atoms with Gasteiger partial charge < -0.3 is 20.1 Å². The van der Waals surface area contributed by atoms with Crippen molar-refractivity contribution in [3.8, 4) is 11.1 Å². The number of H-pyrrole nitrogens is 1. The van der Waals surface area contributed by atoms with Gasteiger partial charge in [-0.15, -0.1) is 0 Å². The highest BCUT2D eigenvalue weighted by atomic mass is 16.5. The van der Waals surface area contributed by atoms with Crippen molar-refractivity contribution >= 4 is 33.4 Å². The summed E-state index contributed by atoms with van der Waals surface area (Å²) in [5.74, 6) is -0.727. The van der Waals surface area contributed by atoms with Crippen molar-refractivity contribution in [2.24, 2.45) is 0 Å². The van der Waals surface area contributed by atoms with Gasteiger partial charge in [0.2, 0.25) is 5.56 Å². The summed E-state index contributed by atoms with van der Waals surface area (Å²) in [7, 11) is 1.32. The molecule has 1 amide bonds. The van der Waals surface area contributed by atoms with Crippen LogP contribution in [0.2, 0.25) is 0 Å². The molecular formula is C24H20N2O5. The first kappa shape index (κ1) is 20.3. The van der Waals surface area contributed by atoms with Crippen molar-refractivity contribution in [2.45, 2.75) is 0 Å². The molecule has 0 radical (unpaired) electrons. The molecule has 0 aliphatic rings. The maximum absolute atomic E-state index is 12.3. The highest BCUT2D eigenvalue weighted by Crippen LogP contribution is 2.32. The van der Waals surface area contributed by atoms with E-state index in [1.807, 2.05) is 30.3 Å². The molecule has 1 aromatic heterocycles. The molecule has 0 aliphatic carbocycles. The summed E-state index contributed by atoms with van der Waals surface area (Å²) in [6.45, 7) is 0.0800. The molecule has 1 heterocycles. The van der Waals surface area contributed by atoms with Gasteiger partial charge in [0, 0.05) is 29.8 Å². The van der Waals surface area contributed by atoms with E-state index in [0.29, 0.717) is 16.5 Å². The van der Waals surface area contributed by atoms with E-state index in [9.17, 15) is 14.4 Å². The summed E-state index contributed by atoms with van der Waals surface area (Å²) in [6, 6.07) is 15.9. The number of aliphatic hydroxyl groups excluding tert-OH is 1. The number of hydrogen-bond acceptors (Lipinski definition) is 5. The van der Waals surface area contributed by atoms with Crippen molar-refractivity contribution < 1.29 is 19.4 Å². The van der Waals surface area contributed by atoms with Gasteiger partial charge in [-0.2, -0.15) is 0 Å². The zero-order valence-corrected chi connectivity index (χ0v) is 16.8. The molecule has 4 aromatic rings. The fraction of sp³-hybridized carbons (Fsp3) is 0.125. The number of carbonyl (C=O) groups is 2. The van der Waals surface area contributed by atoms with E-state index in [-0.39, 0.29) is 24.6 Å². The molecule has 0 spiro atoms. The van der Waals surface area contributed by atoms with Gasteiger partial charge in [-0.05, 0) is 51.6 Å². The molecule has 3 N–H and O–H groups in total. The third-order valence-electron chi connectivity index (χ3n) is 5.14. The van der Waals surface area contributed by atoms with Crippen LogP contribution in [0.3, 0.4) is 0 Å². The molecule has 0 unspecified atom stereocenters. The van der Waals surface area contributed by atoms with Crippen LogP contribution in [0.5, 0.6) is 0 Å². The zero-order valence-electron chi connectivity index (χ0n) is 16.8. The standard InChI is InChI=1S/C24H20N2O5/c1-31-24(30)20-11-17-12-22(28)26-13-21(17)19-10-16(6-7-18(19)20)14-2-4-15(5-3-14)23(29)25-8-9-27/h2-7,10-13,27H,8-9H2,1H3,(H,25,29)(H,26,28). The Morgan fingerprint density at radius 2 is 1.71 bits per heavy atom. The van der Waals surface area contributed by atoms with Gasteiger partial charge in [-0.1, -0.05) is 24.3 Å². The molecular weight excluding hydrogens is 396 g/mol. The van der Waals surface area contributed by atoms with Crippen LogP contribution >= 0.6 is 0 Å². The number of amides is 1. The summed E-state index contributed by atoms with van der Waals surface area (Å²) in [6.07, 6.45) is 1.64. The SMILES string of the molecule is COC(=O)c1cc2cc(=O)[nH]cc2c2cc(-c3ccc(C(=O)NCCO)cc3)ccc12. The minimum atomic E-state index is -0.474. The Hall–Kier alpha value is -3.97. The molecule has 31 heavy (non-hydrogen) atoms. The Bertz CT molecular complexity index is 1360. The van der Waals surface area contributed by atoms with Crippen LogP contribution in [0, 0.1) is 0 Å². The number of aromatic amines is 1. The number of fused-ring (bicyclic) bond motifs is 3. The van der Waals surface area contributed by atoms with Gasteiger partial charge in [-0.3, -0.25) is 9.59 Å². The van der Waals surface area contributed by atoms with E-state index in [1.165, 1.54) is 13.2 Å². The third kappa shape index (κ3) is 3.91.